The summed E-state index contributed by atoms with van der Waals surface area (Å²) < 4.78 is 2.26. The number of amides is 1. The number of nitrogens with one attached hydrogen (secondary N) is 1. The molecule has 0 aromatic carbocycles. The fourth-order valence-corrected chi connectivity index (χ4v) is 3.11. The van der Waals surface area contributed by atoms with Crippen LogP contribution in [-0.2, 0) is 4.79 Å². The number of hydrogen-bond acceptors (Lipinski definition) is 4. The van der Waals surface area contributed by atoms with Crippen LogP contribution in [0, 0.1) is 12.3 Å². The highest BCUT2D eigenvalue weighted by Gasteiger charge is 2.36. The van der Waals surface area contributed by atoms with E-state index in [9.17, 15) is 4.79 Å². The Morgan fingerprint density at radius 3 is 2.85 bits per heavy atom. The van der Waals surface area contributed by atoms with Crippen LogP contribution < -0.4 is 5.32 Å². The third kappa shape index (κ3) is 2.83. The Kier molecular flexibility index (Phi) is 3.70. The average molecular weight is 290 g/mol. The van der Waals surface area contributed by atoms with Gasteiger partial charge in [-0.1, -0.05) is 17.7 Å². The van der Waals surface area contributed by atoms with Gasteiger partial charge in [-0.15, -0.1) is 16.6 Å². The van der Waals surface area contributed by atoms with Crippen molar-refractivity contribution in [2.75, 3.05) is 6.54 Å². The lowest BCUT2D eigenvalue weighted by Crippen LogP contribution is -2.31. The van der Waals surface area contributed by atoms with Crippen LogP contribution in [0.4, 0.5) is 0 Å². The van der Waals surface area contributed by atoms with Crippen LogP contribution in [0.25, 0.3) is 0 Å². The van der Waals surface area contributed by atoms with Crippen molar-refractivity contribution in [3.63, 3.8) is 0 Å². The van der Waals surface area contributed by atoms with Gasteiger partial charge in [0, 0.05) is 12.0 Å². The summed E-state index contributed by atoms with van der Waals surface area (Å²) in [5, 5.41) is 12.0. The van der Waals surface area contributed by atoms with Crippen LogP contribution in [0.3, 0.4) is 0 Å². The molecule has 1 N–H and O–H groups in total. The molecule has 2 saturated carbocycles. The molecule has 2 fully saturated rings. The Morgan fingerprint density at radius 2 is 2.25 bits per heavy atom. The fraction of sp³-hybridized carbons (Fsp3) is 0.643. The summed E-state index contributed by atoms with van der Waals surface area (Å²) in [5.41, 5.74) is 0. The van der Waals surface area contributed by atoms with Gasteiger partial charge in [-0.3, -0.25) is 4.79 Å². The summed E-state index contributed by atoms with van der Waals surface area (Å²) in [7, 11) is 0. The Labute approximate surface area is 122 Å². The molecule has 5 nitrogen and oxygen atoms in total. The molecule has 6 heteroatoms. The zero-order valence-corrected chi connectivity index (χ0v) is 12.3. The Balaban J connectivity index is 1.70. The van der Waals surface area contributed by atoms with Gasteiger partial charge in [0.15, 0.2) is 5.16 Å². The lowest BCUT2D eigenvalue weighted by atomic mass is 10.4. The van der Waals surface area contributed by atoms with E-state index in [4.69, 9.17) is 6.42 Å². The first-order valence-electron chi connectivity index (χ1n) is 7.03. The molecule has 1 unspecified atom stereocenters. The largest absolute Gasteiger partial charge is 0.344 e. The Bertz CT molecular complexity index is 554. The number of terminal acetylenes is 1. The second-order valence-corrected chi connectivity index (χ2v) is 6.71. The second-order valence-electron chi connectivity index (χ2n) is 5.40. The molecule has 0 spiro atoms. The first-order chi connectivity index (χ1) is 9.70. The van der Waals surface area contributed by atoms with Crippen molar-refractivity contribution in [3.05, 3.63) is 5.82 Å². The predicted octanol–water partition coefficient (Wildman–Crippen LogP) is 1.72. The van der Waals surface area contributed by atoms with Crippen molar-refractivity contribution in [1.82, 2.24) is 20.1 Å². The molecule has 0 aliphatic heterocycles. The normalized spacial score (nSPS) is 19.4. The van der Waals surface area contributed by atoms with Gasteiger partial charge in [0.2, 0.25) is 5.91 Å². The molecule has 106 valence electrons. The molecule has 2 aliphatic carbocycles. The number of aromatic nitrogens is 3. The minimum absolute atomic E-state index is 0.0498. The molecule has 20 heavy (non-hydrogen) atoms. The molecule has 1 atom stereocenters. The summed E-state index contributed by atoms with van der Waals surface area (Å²) in [4.78, 5) is 11.9. The lowest BCUT2D eigenvalue weighted by molar-refractivity contribution is -0.120. The Morgan fingerprint density at radius 1 is 1.50 bits per heavy atom. The minimum Gasteiger partial charge on any atom is -0.344 e. The fourth-order valence-electron chi connectivity index (χ4n) is 2.16. The monoisotopic (exact) mass is 290 g/mol. The van der Waals surface area contributed by atoms with E-state index in [0.29, 0.717) is 12.0 Å². The quantitative estimate of drug-likeness (QED) is 0.640. The number of nitrogens with zero attached hydrogens (tertiary/aromatic N) is 3. The first kappa shape index (κ1) is 13.5. The molecule has 1 aromatic rings. The molecule has 1 heterocycles. The van der Waals surface area contributed by atoms with Crippen LogP contribution in [0.5, 0.6) is 0 Å². The number of carbonyl (C=O) groups is 1. The van der Waals surface area contributed by atoms with E-state index in [1.54, 1.807) is 0 Å². The van der Waals surface area contributed by atoms with Crippen molar-refractivity contribution in [1.29, 1.82) is 0 Å². The SMILES string of the molecule is C#CCNC(=O)C(C)Sc1nnc(C2CC2)n1C1CC1. The molecular weight excluding hydrogens is 272 g/mol. The predicted molar refractivity (Wildman–Crippen MR) is 77.4 cm³/mol. The molecular formula is C14H18N4OS. The Hall–Kier alpha value is -1.48. The van der Waals surface area contributed by atoms with Gasteiger partial charge in [-0.25, -0.2) is 0 Å². The lowest BCUT2D eigenvalue weighted by Gasteiger charge is -2.12. The first-order valence-corrected chi connectivity index (χ1v) is 7.91. The van der Waals surface area contributed by atoms with E-state index < -0.39 is 0 Å². The van der Waals surface area contributed by atoms with Gasteiger partial charge >= 0.3 is 0 Å². The molecule has 0 saturated heterocycles. The van der Waals surface area contributed by atoms with Gasteiger partial charge in [0.25, 0.3) is 0 Å². The summed E-state index contributed by atoms with van der Waals surface area (Å²) in [6.45, 7) is 2.14. The van der Waals surface area contributed by atoms with Gasteiger partial charge in [-0.2, -0.15) is 0 Å². The summed E-state index contributed by atoms with van der Waals surface area (Å²) >= 11 is 1.47. The van der Waals surface area contributed by atoms with Crippen LogP contribution in [0.2, 0.25) is 0 Å². The maximum absolute atomic E-state index is 11.9. The van der Waals surface area contributed by atoms with Crippen molar-refractivity contribution >= 4 is 17.7 Å². The third-order valence-corrected chi connectivity index (χ3v) is 4.62. The second kappa shape index (κ2) is 5.49. The van der Waals surface area contributed by atoms with E-state index >= 15 is 0 Å². The van der Waals surface area contributed by atoms with Crippen molar-refractivity contribution in [2.45, 2.75) is 55.0 Å². The minimum atomic E-state index is -0.211. The maximum atomic E-state index is 11.9. The van der Waals surface area contributed by atoms with Crippen molar-refractivity contribution in [2.24, 2.45) is 0 Å². The standard InChI is InChI=1S/C14H18N4OS/c1-3-8-15-13(19)9(2)20-14-17-16-12(10-4-5-10)18(14)11-6-7-11/h1,9-11H,4-8H2,2H3,(H,15,19). The average Bonchev–Trinajstić information content (AvgIpc) is 3.35. The molecule has 0 radical (unpaired) electrons. The summed E-state index contributed by atoms with van der Waals surface area (Å²) in [6, 6.07) is 0.545. The van der Waals surface area contributed by atoms with Crippen LogP contribution in [0.15, 0.2) is 5.16 Å². The van der Waals surface area contributed by atoms with Gasteiger partial charge < -0.3 is 9.88 Å². The van der Waals surface area contributed by atoms with E-state index in [1.165, 1.54) is 37.4 Å². The topological polar surface area (TPSA) is 59.8 Å². The van der Waals surface area contributed by atoms with Gasteiger partial charge in [-0.05, 0) is 32.6 Å². The maximum Gasteiger partial charge on any atom is 0.234 e. The third-order valence-electron chi connectivity index (χ3n) is 3.56. The van der Waals surface area contributed by atoms with Crippen LogP contribution in [-0.4, -0.2) is 32.5 Å². The van der Waals surface area contributed by atoms with E-state index in [-0.39, 0.29) is 17.7 Å². The molecule has 1 amide bonds. The smallest absolute Gasteiger partial charge is 0.234 e. The zero-order chi connectivity index (χ0) is 14.1. The summed E-state index contributed by atoms with van der Waals surface area (Å²) in [6.07, 6.45) is 9.97. The molecule has 2 aliphatic rings. The van der Waals surface area contributed by atoms with Crippen molar-refractivity contribution in [3.8, 4) is 12.3 Å². The molecule has 3 rings (SSSR count). The van der Waals surface area contributed by atoms with E-state index in [0.717, 1.165) is 11.0 Å². The zero-order valence-electron chi connectivity index (χ0n) is 11.5. The highest BCUT2D eigenvalue weighted by molar-refractivity contribution is 8.00. The van der Waals surface area contributed by atoms with Crippen molar-refractivity contribution < 1.29 is 4.79 Å². The number of thioether (sulfide) groups is 1. The molecule has 0 bridgehead atoms. The van der Waals surface area contributed by atoms with Crippen LogP contribution in [0.1, 0.15) is 50.4 Å². The number of rotatable bonds is 6. The summed E-state index contributed by atoms with van der Waals surface area (Å²) in [5.74, 6) is 4.06. The highest BCUT2D eigenvalue weighted by Crippen LogP contribution is 2.46. The van der Waals surface area contributed by atoms with E-state index in [2.05, 4.69) is 26.0 Å². The van der Waals surface area contributed by atoms with Gasteiger partial charge in [0.05, 0.1) is 11.8 Å². The van der Waals surface area contributed by atoms with Crippen LogP contribution >= 0.6 is 11.8 Å². The highest BCUT2D eigenvalue weighted by atomic mass is 32.2. The van der Waals surface area contributed by atoms with E-state index in [1.807, 2.05) is 6.92 Å². The molecule has 1 aromatic heterocycles. The number of hydrogen-bond donors (Lipinski definition) is 1. The van der Waals surface area contributed by atoms with Gasteiger partial charge in [0.1, 0.15) is 5.82 Å². The number of carbonyl (C=O) groups excluding carboxylic acids is 1.